The topological polar surface area (TPSA) is 66.4 Å². The lowest BCUT2D eigenvalue weighted by molar-refractivity contribution is 0.473. The van der Waals surface area contributed by atoms with Gasteiger partial charge in [0.1, 0.15) is 5.75 Å². The fourth-order valence-electron chi connectivity index (χ4n) is 2.12. The number of rotatable bonds is 3. The molecule has 4 nitrogen and oxygen atoms in total. The Morgan fingerprint density at radius 2 is 1.57 bits per heavy atom. The van der Waals surface area contributed by atoms with Gasteiger partial charge in [-0.15, -0.1) is 0 Å². The van der Waals surface area contributed by atoms with Crippen LogP contribution >= 0.6 is 0 Å². The van der Waals surface area contributed by atoms with E-state index < -0.39 is 10.0 Å². The molecule has 0 fully saturated rings. The summed E-state index contributed by atoms with van der Waals surface area (Å²) in [4.78, 5) is 0.0238. The fraction of sp³-hybridized carbons (Fsp3) is 0. The molecule has 0 saturated carbocycles. The monoisotopic (exact) mass is 299 g/mol. The summed E-state index contributed by atoms with van der Waals surface area (Å²) in [5, 5.41) is 11.4. The minimum atomic E-state index is -3.71. The standard InChI is InChI=1S/C16H13NO3S/c18-15-6-3-7-16(11-15)21(19,20)17-14-9-8-12-4-1-2-5-13(12)10-14/h1-11,17-18H. The minimum Gasteiger partial charge on any atom is -0.508 e. The molecule has 21 heavy (non-hydrogen) atoms. The molecule has 3 aromatic rings. The lowest BCUT2D eigenvalue weighted by Crippen LogP contribution is -2.12. The van der Waals surface area contributed by atoms with Gasteiger partial charge >= 0.3 is 0 Å². The third kappa shape index (κ3) is 2.83. The molecule has 3 aromatic carbocycles. The molecule has 0 aliphatic carbocycles. The first-order valence-corrected chi connectivity index (χ1v) is 7.84. The summed E-state index contributed by atoms with van der Waals surface area (Å²) in [6.07, 6.45) is 0. The average molecular weight is 299 g/mol. The van der Waals surface area contributed by atoms with E-state index in [1.54, 1.807) is 12.1 Å². The molecular formula is C16H13NO3S. The molecule has 0 saturated heterocycles. The van der Waals surface area contributed by atoms with Gasteiger partial charge in [-0.3, -0.25) is 4.72 Å². The van der Waals surface area contributed by atoms with Crippen LogP contribution in [0, 0.1) is 0 Å². The van der Waals surface area contributed by atoms with Crippen LogP contribution in [0.15, 0.2) is 71.6 Å². The van der Waals surface area contributed by atoms with Crippen molar-refractivity contribution in [2.24, 2.45) is 0 Å². The number of phenolic OH excluding ortho intramolecular Hbond substituents is 1. The van der Waals surface area contributed by atoms with Crippen molar-refractivity contribution in [3.63, 3.8) is 0 Å². The number of phenols is 1. The molecule has 3 rings (SSSR count). The summed E-state index contributed by atoms with van der Waals surface area (Å²) in [7, 11) is -3.71. The van der Waals surface area contributed by atoms with E-state index in [2.05, 4.69) is 4.72 Å². The van der Waals surface area contributed by atoms with Gasteiger partial charge in [0.2, 0.25) is 0 Å². The summed E-state index contributed by atoms with van der Waals surface area (Å²) in [6, 6.07) is 18.6. The SMILES string of the molecule is O=S(=O)(Nc1ccc2ccccc2c1)c1cccc(O)c1. The van der Waals surface area contributed by atoms with Crippen LogP contribution in [0.3, 0.4) is 0 Å². The molecule has 0 atom stereocenters. The van der Waals surface area contributed by atoms with Crippen molar-refractivity contribution >= 4 is 26.5 Å². The van der Waals surface area contributed by atoms with Crippen molar-refractivity contribution in [2.75, 3.05) is 4.72 Å². The van der Waals surface area contributed by atoms with Crippen LogP contribution < -0.4 is 4.72 Å². The van der Waals surface area contributed by atoms with E-state index in [0.29, 0.717) is 5.69 Å². The number of benzene rings is 3. The van der Waals surface area contributed by atoms with Crippen LogP contribution in [-0.2, 0) is 10.0 Å². The van der Waals surface area contributed by atoms with Gasteiger partial charge in [0.25, 0.3) is 10.0 Å². The molecule has 0 spiro atoms. The van der Waals surface area contributed by atoms with E-state index in [4.69, 9.17) is 0 Å². The van der Waals surface area contributed by atoms with E-state index in [-0.39, 0.29) is 10.6 Å². The molecule has 5 heteroatoms. The summed E-state index contributed by atoms with van der Waals surface area (Å²) in [5.74, 6) is -0.0867. The van der Waals surface area contributed by atoms with E-state index in [9.17, 15) is 13.5 Å². The first-order valence-electron chi connectivity index (χ1n) is 6.35. The quantitative estimate of drug-likeness (QED) is 0.779. The second-order valence-electron chi connectivity index (χ2n) is 4.66. The predicted molar refractivity (Wildman–Crippen MR) is 82.9 cm³/mol. The normalized spacial score (nSPS) is 11.4. The van der Waals surface area contributed by atoms with Gasteiger partial charge in [-0.1, -0.05) is 36.4 Å². The van der Waals surface area contributed by atoms with Crippen LogP contribution in [0.25, 0.3) is 10.8 Å². The lowest BCUT2D eigenvalue weighted by atomic mass is 10.1. The molecule has 0 radical (unpaired) electrons. The Morgan fingerprint density at radius 1 is 0.810 bits per heavy atom. The Bertz CT molecular complexity index is 904. The van der Waals surface area contributed by atoms with Gasteiger partial charge in [-0.05, 0) is 35.0 Å². The maximum atomic E-state index is 12.3. The van der Waals surface area contributed by atoms with Gasteiger partial charge in [0.15, 0.2) is 0 Å². The molecule has 0 aliphatic rings. The Labute approximate surface area is 122 Å². The number of aromatic hydroxyl groups is 1. The molecule has 106 valence electrons. The minimum absolute atomic E-state index is 0.0238. The van der Waals surface area contributed by atoms with E-state index >= 15 is 0 Å². The molecule has 0 aliphatic heterocycles. The number of nitrogens with one attached hydrogen (secondary N) is 1. The molecule has 0 unspecified atom stereocenters. The summed E-state index contributed by atoms with van der Waals surface area (Å²) >= 11 is 0. The summed E-state index contributed by atoms with van der Waals surface area (Å²) in [6.45, 7) is 0. The van der Waals surface area contributed by atoms with E-state index in [1.165, 1.54) is 24.3 Å². The van der Waals surface area contributed by atoms with Crippen molar-refractivity contribution in [1.82, 2.24) is 0 Å². The van der Waals surface area contributed by atoms with Gasteiger partial charge in [0, 0.05) is 11.8 Å². The van der Waals surface area contributed by atoms with Crippen molar-refractivity contribution in [1.29, 1.82) is 0 Å². The number of hydrogen-bond donors (Lipinski definition) is 2. The molecule has 2 N–H and O–H groups in total. The smallest absolute Gasteiger partial charge is 0.262 e. The van der Waals surface area contributed by atoms with Gasteiger partial charge in [-0.2, -0.15) is 0 Å². The van der Waals surface area contributed by atoms with Gasteiger partial charge in [0.05, 0.1) is 4.90 Å². The van der Waals surface area contributed by atoms with Gasteiger partial charge < -0.3 is 5.11 Å². The van der Waals surface area contributed by atoms with Gasteiger partial charge in [-0.25, -0.2) is 8.42 Å². The Balaban J connectivity index is 1.97. The maximum absolute atomic E-state index is 12.3. The molecule has 0 amide bonds. The zero-order chi connectivity index (χ0) is 14.9. The van der Waals surface area contributed by atoms with Crippen LogP contribution in [0.2, 0.25) is 0 Å². The van der Waals surface area contributed by atoms with Crippen LogP contribution in [0.1, 0.15) is 0 Å². The lowest BCUT2D eigenvalue weighted by Gasteiger charge is -2.09. The van der Waals surface area contributed by atoms with Crippen LogP contribution in [0.4, 0.5) is 5.69 Å². The number of hydrogen-bond acceptors (Lipinski definition) is 3. The summed E-state index contributed by atoms with van der Waals surface area (Å²) in [5.41, 5.74) is 0.483. The first-order chi connectivity index (χ1) is 10.0. The van der Waals surface area contributed by atoms with E-state index in [1.807, 2.05) is 30.3 Å². The highest BCUT2D eigenvalue weighted by Crippen LogP contribution is 2.23. The highest BCUT2D eigenvalue weighted by atomic mass is 32.2. The number of fused-ring (bicyclic) bond motifs is 1. The second-order valence-corrected chi connectivity index (χ2v) is 6.35. The molecule has 0 heterocycles. The largest absolute Gasteiger partial charge is 0.508 e. The van der Waals surface area contributed by atoms with Crippen LogP contribution in [0.5, 0.6) is 5.75 Å². The Hall–Kier alpha value is -2.53. The Morgan fingerprint density at radius 3 is 2.33 bits per heavy atom. The third-order valence-electron chi connectivity index (χ3n) is 3.13. The molecule has 0 bridgehead atoms. The number of sulfonamides is 1. The zero-order valence-corrected chi connectivity index (χ0v) is 11.8. The van der Waals surface area contributed by atoms with Crippen LogP contribution in [-0.4, -0.2) is 13.5 Å². The average Bonchev–Trinajstić information content (AvgIpc) is 2.47. The van der Waals surface area contributed by atoms with Crippen molar-refractivity contribution < 1.29 is 13.5 Å². The highest BCUT2D eigenvalue weighted by molar-refractivity contribution is 7.92. The fourth-order valence-corrected chi connectivity index (χ4v) is 3.21. The molecule has 0 aromatic heterocycles. The van der Waals surface area contributed by atoms with Crippen molar-refractivity contribution in [2.45, 2.75) is 4.90 Å². The summed E-state index contributed by atoms with van der Waals surface area (Å²) < 4.78 is 27.1. The highest BCUT2D eigenvalue weighted by Gasteiger charge is 2.14. The zero-order valence-electron chi connectivity index (χ0n) is 11.0. The Kier molecular flexibility index (Phi) is 3.27. The molecular weight excluding hydrogens is 286 g/mol. The predicted octanol–water partition coefficient (Wildman–Crippen LogP) is 3.35. The van der Waals surface area contributed by atoms with Crippen molar-refractivity contribution in [3.8, 4) is 5.75 Å². The van der Waals surface area contributed by atoms with Crippen molar-refractivity contribution in [3.05, 3.63) is 66.7 Å². The number of anilines is 1. The maximum Gasteiger partial charge on any atom is 0.262 e. The first kappa shape index (κ1) is 13.5. The third-order valence-corrected chi connectivity index (χ3v) is 4.51. The second kappa shape index (κ2) is 5.10. The van der Waals surface area contributed by atoms with E-state index in [0.717, 1.165) is 10.8 Å².